The number of aliphatic carboxylic acids is 1. The van der Waals surface area contributed by atoms with E-state index in [0.717, 1.165) is 5.56 Å². The van der Waals surface area contributed by atoms with Crippen molar-refractivity contribution in [2.24, 2.45) is 11.8 Å². The predicted octanol–water partition coefficient (Wildman–Crippen LogP) is 1.47. The number of aliphatic hydroxyl groups is 1. The third-order valence-electron chi connectivity index (χ3n) is 6.58. The highest BCUT2D eigenvalue weighted by atomic mass is 16.4. The quantitative estimate of drug-likeness (QED) is 0.311. The highest BCUT2D eigenvalue weighted by Crippen LogP contribution is 2.18. The molecule has 0 bridgehead atoms. The summed E-state index contributed by atoms with van der Waals surface area (Å²) in [5, 5.41) is 22.5. The van der Waals surface area contributed by atoms with Crippen LogP contribution in [-0.2, 0) is 25.6 Å². The van der Waals surface area contributed by atoms with E-state index in [0.29, 0.717) is 6.42 Å². The topological polar surface area (TPSA) is 130 Å². The summed E-state index contributed by atoms with van der Waals surface area (Å²) >= 11 is 0. The molecule has 1 aromatic rings. The van der Waals surface area contributed by atoms with E-state index in [4.69, 9.17) is 0 Å². The minimum Gasteiger partial charge on any atom is -0.480 e. The maximum absolute atomic E-state index is 13.6. The zero-order valence-electron chi connectivity index (χ0n) is 24.0. The minimum atomic E-state index is -1.24. The van der Waals surface area contributed by atoms with Crippen LogP contribution in [0, 0.1) is 11.8 Å². The molecule has 4 atom stereocenters. The molecule has 0 aromatic heterocycles. The number of carboxylic acids is 1. The van der Waals surface area contributed by atoms with Gasteiger partial charge in [0.05, 0.1) is 12.6 Å². The molecule has 0 saturated heterocycles. The number of rotatable bonds is 15. The highest BCUT2D eigenvalue weighted by molar-refractivity contribution is 5.94. The van der Waals surface area contributed by atoms with E-state index in [1.54, 1.807) is 43.3 Å². The van der Waals surface area contributed by atoms with Crippen LogP contribution in [0.25, 0.3) is 0 Å². The van der Waals surface area contributed by atoms with E-state index in [-0.39, 0.29) is 30.6 Å². The van der Waals surface area contributed by atoms with Crippen LogP contribution in [0.15, 0.2) is 30.3 Å². The number of hydrogen-bond donors (Lipinski definition) is 3. The van der Waals surface area contributed by atoms with Gasteiger partial charge in [-0.3, -0.25) is 19.3 Å². The second-order valence-corrected chi connectivity index (χ2v) is 10.9. The molecule has 0 heterocycles. The van der Waals surface area contributed by atoms with Crippen LogP contribution >= 0.6 is 0 Å². The molecule has 0 spiro atoms. The number of likely N-dealkylation sites (N-methyl/N-ethyl adjacent to an activating group) is 3. The number of nitrogens with one attached hydrogen (secondary N) is 1. The van der Waals surface area contributed by atoms with Crippen molar-refractivity contribution < 1.29 is 29.4 Å². The number of benzene rings is 1. The van der Waals surface area contributed by atoms with Gasteiger partial charge in [-0.2, -0.15) is 0 Å². The van der Waals surface area contributed by atoms with Crippen molar-refractivity contribution in [2.75, 3.05) is 34.8 Å². The largest absolute Gasteiger partial charge is 0.480 e. The van der Waals surface area contributed by atoms with Gasteiger partial charge in [0.15, 0.2) is 0 Å². The van der Waals surface area contributed by atoms with Crippen LogP contribution in [0.1, 0.15) is 46.1 Å². The van der Waals surface area contributed by atoms with Gasteiger partial charge >= 0.3 is 5.97 Å². The van der Waals surface area contributed by atoms with Crippen molar-refractivity contribution >= 4 is 23.7 Å². The van der Waals surface area contributed by atoms with Gasteiger partial charge in [-0.1, -0.05) is 58.0 Å². The van der Waals surface area contributed by atoms with E-state index >= 15 is 0 Å². The molecule has 3 N–H and O–H groups in total. The number of aliphatic hydroxyl groups excluding tert-OH is 1. The Bertz CT molecular complexity index is 921. The van der Waals surface area contributed by atoms with Gasteiger partial charge in [0, 0.05) is 20.5 Å². The van der Waals surface area contributed by atoms with Gasteiger partial charge in [0.25, 0.3) is 0 Å². The molecule has 10 nitrogen and oxygen atoms in total. The lowest BCUT2D eigenvalue weighted by molar-refractivity contribution is -0.154. The summed E-state index contributed by atoms with van der Waals surface area (Å²) in [4.78, 5) is 56.3. The Morgan fingerprint density at radius 2 is 1.29 bits per heavy atom. The first kappa shape index (κ1) is 33.0. The predicted molar refractivity (Wildman–Crippen MR) is 146 cm³/mol. The zero-order valence-corrected chi connectivity index (χ0v) is 24.0. The third kappa shape index (κ3) is 9.72. The van der Waals surface area contributed by atoms with E-state index in [9.17, 15) is 29.4 Å². The number of carbonyl (C=O) groups is 4. The Labute approximate surface area is 227 Å². The normalized spacial score (nSPS) is 14.6. The van der Waals surface area contributed by atoms with E-state index in [1.807, 2.05) is 33.8 Å². The number of amides is 3. The second-order valence-electron chi connectivity index (χ2n) is 10.9. The molecule has 0 aliphatic rings. The van der Waals surface area contributed by atoms with E-state index < -0.39 is 48.6 Å². The van der Waals surface area contributed by atoms with Crippen LogP contribution in [0.2, 0.25) is 0 Å². The summed E-state index contributed by atoms with van der Waals surface area (Å²) in [6, 6.07) is 5.18. The monoisotopic (exact) mass is 534 g/mol. The van der Waals surface area contributed by atoms with Crippen LogP contribution < -0.4 is 5.32 Å². The summed E-state index contributed by atoms with van der Waals surface area (Å²) in [6.07, 6.45) is 0.961. The Balaban J connectivity index is 3.17. The molecule has 0 fully saturated rings. The molecule has 0 aliphatic heterocycles. The van der Waals surface area contributed by atoms with Crippen LogP contribution in [0.5, 0.6) is 0 Å². The van der Waals surface area contributed by atoms with Gasteiger partial charge in [0.2, 0.25) is 17.7 Å². The number of nitrogens with zero attached hydrogens (tertiary/aromatic N) is 3. The molecule has 0 radical (unpaired) electrons. The van der Waals surface area contributed by atoms with Gasteiger partial charge in [-0.15, -0.1) is 0 Å². The smallest absolute Gasteiger partial charge is 0.326 e. The Hall–Kier alpha value is -2.98. The average molecular weight is 535 g/mol. The fraction of sp³-hybridized carbons (Fsp3) is 0.643. The van der Waals surface area contributed by atoms with Crippen molar-refractivity contribution in [3.05, 3.63) is 35.9 Å². The molecular weight excluding hydrogens is 488 g/mol. The summed E-state index contributed by atoms with van der Waals surface area (Å²) in [5.41, 5.74) is 0.768. The Kier molecular flexibility index (Phi) is 13.4. The van der Waals surface area contributed by atoms with Gasteiger partial charge in [-0.05, 0) is 44.3 Å². The SMILES string of the molecule is CC(C)C[C@@H](C(=O)N[C@@H](CO)C(=O)N(C)[C@@H](CC(C)C)C(=O)N(C)[C@@H](Cc1ccccc1)C(=O)O)N(C)C. The standard InChI is InChI=1S/C28H46N4O6/c1-18(2)14-22(30(5)6)25(34)29-21(17-33)26(35)31(7)23(15-19(3)4)27(36)32(8)24(28(37)38)16-20-12-10-9-11-13-20/h9-13,18-19,21-24,33H,14-17H2,1-8H3,(H,29,34)(H,37,38)/t21-,22-,23-,24-/m0/s1. The average Bonchev–Trinajstić information content (AvgIpc) is 2.85. The zero-order chi connectivity index (χ0) is 29.2. The Morgan fingerprint density at radius 3 is 1.74 bits per heavy atom. The van der Waals surface area contributed by atoms with Crippen molar-refractivity contribution in [3.63, 3.8) is 0 Å². The summed E-state index contributed by atoms with van der Waals surface area (Å²) in [5.74, 6) is -2.43. The summed E-state index contributed by atoms with van der Waals surface area (Å²) in [6.45, 7) is 7.15. The molecule has 0 saturated carbocycles. The summed E-state index contributed by atoms with van der Waals surface area (Å²) < 4.78 is 0. The molecule has 38 heavy (non-hydrogen) atoms. The van der Waals surface area contributed by atoms with Crippen LogP contribution in [0.3, 0.4) is 0 Å². The molecule has 214 valence electrons. The highest BCUT2D eigenvalue weighted by Gasteiger charge is 2.37. The number of carboxylic acid groups (broad SMARTS) is 1. The maximum atomic E-state index is 13.6. The Morgan fingerprint density at radius 1 is 0.789 bits per heavy atom. The van der Waals surface area contributed by atoms with Crippen molar-refractivity contribution in [1.29, 1.82) is 0 Å². The first-order chi connectivity index (χ1) is 17.7. The lowest BCUT2D eigenvalue weighted by atomic mass is 9.98. The number of carbonyl (C=O) groups excluding carboxylic acids is 3. The third-order valence-corrected chi connectivity index (χ3v) is 6.58. The summed E-state index contributed by atoms with van der Waals surface area (Å²) in [7, 11) is 6.42. The van der Waals surface area contributed by atoms with Crippen molar-refractivity contribution in [2.45, 2.75) is 71.1 Å². The van der Waals surface area contributed by atoms with E-state index in [2.05, 4.69) is 5.32 Å². The maximum Gasteiger partial charge on any atom is 0.326 e. The first-order valence-electron chi connectivity index (χ1n) is 13.1. The van der Waals surface area contributed by atoms with Gasteiger partial charge in [-0.25, -0.2) is 4.79 Å². The minimum absolute atomic E-state index is 0.0105. The van der Waals surface area contributed by atoms with Crippen molar-refractivity contribution in [1.82, 2.24) is 20.0 Å². The van der Waals surface area contributed by atoms with Gasteiger partial charge in [0.1, 0.15) is 18.1 Å². The van der Waals surface area contributed by atoms with E-state index in [1.165, 1.54) is 23.9 Å². The molecule has 10 heteroatoms. The fourth-order valence-corrected chi connectivity index (χ4v) is 4.34. The van der Waals surface area contributed by atoms with Crippen LogP contribution in [0.4, 0.5) is 0 Å². The molecule has 1 rings (SSSR count). The lowest BCUT2D eigenvalue weighted by Crippen LogP contribution is -2.59. The lowest BCUT2D eigenvalue weighted by Gasteiger charge is -2.36. The second kappa shape index (κ2) is 15.4. The fourth-order valence-electron chi connectivity index (χ4n) is 4.34. The van der Waals surface area contributed by atoms with Gasteiger partial charge < -0.3 is 25.3 Å². The molecular formula is C28H46N4O6. The molecule has 0 aliphatic carbocycles. The number of hydrogen-bond acceptors (Lipinski definition) is 6. The molecule has 3 amide bonds. The van der Waals surface area contributed by atoms with Crippen LogP contribution in [-0.4, -0.2) is 108 Å². The van der Waals surface area contributed by atoms with Crippen molar-refractivity contribution in [3.8, 4) is 0 Å². The molecule has 1 aromatic carbocycles. The molecule has 0 unspecified atom stereocenters. The first-order valence-corrected chi connectivity index (χ1v) is 13.1.